The molecule has 2 N–H and O–H groups in total. The number of anilines is 2. The lowest BCUT2D eigenvalue weighted by Crippen LogP contribution is -2.27. The molecule has 0 fully saturated rings. The van der Waals surface area contributed by atoms with E-state index in [1.165, 1.54) is 23.3 Å². The Morgan fingerprint density at radius 2 is 1.94 bits per heavy atom. The van der Waals surface area contributed by atoms with Crippen molar-refractivity contribution in [1.82, 2.24) is 29.9 Å². The number of amides is 2. The third-order valence-corrected chi connectivity index (χ3v) is 4.42. The lowest BCUT2D eigenvalue weighted by atomic mass is 9.99. The fraction of sp³-hybridized carbons (Fsp3) is 0.381. The zero-order valence-corrected chi connectivity index (χ0v) is 19.0. The highest BCUT2D eigenvalue weighted by molar-refractivity contribution is 5.93. The maximum absolute atomic E-state index is 13.9. The maximum Gasteiger partial charge on any atom is 0.413 e. The van der Waals surface area contributed by atoms with Gasteiger partial charge in [0.15, 0.2) is 17.3 Å². The Morgan fingerprint density at radius 1 is 1.18 bits per heavy atom. The molecule has 0 saturated carbocycles. The fourth-order valence-electron chi connectivity index (χ4n) is 2.93. The molecule has 3 heterocycles. The van der Waals surface area contributed by atoms with Crippen LogP contribution in [0.25, 0.3) is 11.4 Å². The van der Waals surface area contributed by atoms with Gasteiger partial charge in [-0.05, 0) is 32.8 Å². The highest BCUT2D eigenvalue weighted by Crippen LogP contribution is 2.25. The number of carbonyl (C=O) groups excluding carboxylic acids is 2. The largest absolute Gasteiger partial charge is 0.444 e. The Bertz CT molecular complexity index is 1140. The summed E-state index contributed by atoms with van der Waals surface area (Å²) in [4.78, 5) is 36.5. The summed E-state index contributed by atoms with van der Waals surface area (Å²) in [6.07, 6.45) is 3.45. The SMILES string of the molecule is C[C@@H](CC(=O)Nc1c(-c2cnc(NC(=O)OC(C)(C)C)cn2)nnn1C)c1cccnc1F. The van der Waals surface area contributed by atoms with Gasteiger partial charge in [0.1, 0.15) is 11.3 Å². The van der Waals surface area contributed by atoms with E-state index in [1.807, 2.05) is 0 Å². The maximum atomic E-state index is 13.9. The Labute approximate surface area is 189 Å². The van der Waals surface area contributed by atoms with E-state index in [1.54, 1.807) is 46.9 Å². The molecule has 1 atom stereocenters. The lowest BCUT2D eigenvalue weighted by molar-refractivity contribution is -0.116. The zero-order valence-electron chi connectivity index (χ0n) is 19.0. The molecule has 174 valence electrons. The van der Waals surface area contributed by atoms with Gasteiger partial charge in [0, 0.05) is 25.2 Å². The van der Waals surface area contributed by atoms with Crippen LogP contribution in [0.4, 0.5) is 20.8 Å². The predicted molar refractivity (Wildman–Crippen MR) is 118 cm³/mol. The molecule has 0 aliphatic carbocycles. The van der Waals surface area contributed by atoms with E-state index in [-0.39, 0.29) is 24.1 Å². The highest BCUT2D eigenvalue weighted by Gasteiger charge is 2.21. The number of nitrogens with zero attached hydrogens (tertiary/aromatic N) is 6. The molecule has 11 nitrogen and oxygen atoms in total. The van der Waals surface area contributed by atoms with E-state index in [9.17, 15) is 14.0 Å². The number of pyridine rings is 1. The first-order valence-corrected chi connectivity index (χ1v) is 10.2. The molecule has 12 heteroatoms. The highest BCUT2D eigenvalue weighted by atomic mass is 19.1. The molecule has 0 aliphatic heterocycles. The second-order valence-corrected chi connectivity index (χ2v) is 8.36. The summed E-state index contributed by atoms with van der Waals surface area (Å²) in [7, 11) is 1.61. The van der Waals surface area contributed by atoms with Crippen molar-refractivity contribution in [3.8, 4) is 11.4 Å². The van der Waals surface area contributed by atoms with Crippen LogP contribution in [0.1, 0.15) is 45.6 Å². The second kappa shape index (κ2) is 9.67. The van der Waals surface area contributed by atoms with Crippen LogP contribution in [0.2, 0.25) is 0 Å². The number of nitrogens with one attached hydrogen (secondary N) is 2. The average molecular weight is 456 g/mol. The van der Waals surface area contributed by atoms with E-state index >= 15 is 0 Å². The van der Waals surface area contributed by atoms with Crippen LogP contribution in [0.3, 0.4) is 0 Å². The van der Waals surface area contributed by atoms with Gasteiger partial charge in [-0.2, -0.15) is 4.39 Å². The third-order valence-electron chi connectivity index (χ3n) is 4.42. The first-order valence-electron chi connectivity index (χ1n) is 10.2. The molecule has 3 aromatic heterocycles. The van der Waals surface area contributed by atoms with Crippen molar-refractivity contribution in [3.05, 3.63) is 42.2 Å². The van der Waals surface area contributed by atoms with E-state index in [4.69, 9.17) is 4.74 Å². The molecular formula is C21H25FN8O3. The van der Waals surface area contributed by atoms with Gasteiger partial charge in [-0.1, -0.05) is 18.2 Å². The summed E-state index contributed by atoms with van der Waals surface area (Å²) in [5.74, 6) is -0.846. The van der Waals surface area contributed by atoms with Gasteiger partial charge in [-0.3, -0.25) is 10.1 Å². The Balaban J connectivity index is 1.70. The van der Waals surface area contributed by atoms with Crippen molar-refractivity contribution < 1.29 is 18.7 Å². The molecule has 0 radical (unpaired) electrons. The Hall–Kier alpha value is -3.96. The van der Waals surface area contributed by atoms with Crippen LogP contribution in [-0.2, 0) is 16.6 Å². The van der Waals surface area contributed by atoms with Crippen molar-refractivity contribution in [1.29, 1.82) is 0 Å². The zero-order chi connectivity index (χ0) is 24.2. The number of aryl methyl sites for hydroxylation is 1. The molecule has 2 amide bonds. The molecule has 3 rings (SSSR count). The minimum atomic E-state index is -0.656. The van der Waals surface area contributed by atoms with Crippen LogP contribution < -0.4 is 10.6 Å². The number of rotatable bonds is 6. The van der Waals surface area contributed by atoms with Gasteiger partial charge >= 0.3 is 6.09 Å². The van der Waals surface area contributed by atoms with E-state index in [2.05, 4.69) is 35.9 Å². The van der Waals surface area contributed by atoms with Crippen molar-refractivity contribution >= 4 is 23.6 Å². The molecule has 33 heavy (non-hydrogen) atoms. The number of halogens is 1. The topological polar surface area (TPSA) is 137 Å². The standard InChI is InChI=1S/C21H25FN8O3/c1-12(13-7-6-8-23-18(13)22)9-16(31)27-19-17(28-29-30(19)5)14-10-25-15(11-24-14)26-20(32)33-21(2,3)4/h6-8,10-12H,9H2,1-5H3,(H,27,31)(H,25,26,32)/t12-/m0/s1. The van der Waals surface area contributed by atoms with Gasteiger partial charge in [0.05, 0.1) is 12.4 Å². The van der Waals surface area contributed by atoms with E-state index in [0.717, 1.165) is 0 Å². The molecule has 0 aliphatic rings. The summed E-state index contributed by atoms with van der Waals surface area (Å²) in [5.41, 5.74) is 0.335. The number of hydrogen-bond donors (Lipinski definition) is 2. The summed E-state index contributed by atoms with van der Waals surface area (Å²) < 4.78 is 20.5. The van der Waals surface area contributed by atoms with Gasteiger partial charge in [0.2, 0.25) is 11.9 Å². The fourth-order valence-corrected chi connectivity index (χ4v) is 2.93. The van der Waals surface area contributed by atoms with Gasteiger partial charge < -0.3 is 10.1 Å². The first-order chi connectivity index (χ1) is 15.5. The smallest absolute Gasteiger partial charge is 0.413 e. The van der Waals surface area contributed by atoms with Gasteiger partial charge in [-0.15, -0.1) is 5.10 Å². The predicted octanol–water partition coefficient (Wildman–Crippen LogP) is 3.29. The molecule has 0 aromatic carbocycles. The normalized spacial score (nSPS) is 12.2. The third kappa shape index (κ3) is 6.28. The summed E-state index contributed by atoms with van der Waals surface area (Å²) in [5, 5.41) is 13.2. The lowest BCUT2D eigenvalue weighted by Gasteiger charge is -2.19. The van der Waals surface area contributed by atoms with Gasteiger partial charge in [0.25, 0.3) is 0 Å². The van der Waals surface area contributed by atoms with Crippen LogP contribution in [0.15, 0.2) is 30.7 Å². The van der Waals surface area contributed by atoms with Crippen molar-refractivity contribution in [2.75, 3.05) is 10.6 Å². The van der Waals surface area contributed by atoms with E-state index < -0.39 is 17.6 Å². The quantitative estimate of drug-likeness (QED) is 0.539. The summed E-state index contributed by atoms with van der Waals surface area (Å²) in [6, 6.07) is 3.22. The monoisotopic (exact) mass is 456 g/mol. The summed E-state index contributed by atoms with van der Waals surface area (Å²) >= 11 is 0. The Morgan fingerprint density at radius 3 is 2.58 bits per heavy atom. The molecule has 0 spiro atoms. The number of ether oxygens (including phenoxy) is 1. The van der Waals surface area contributed by atoms with Crippen molar-refractivity contribution in [3.63, 3.8) is 0 Å². The minimum Gasteiger partial charge on any atom is -0.444 e. The van der Waals surface area contributed by atoms with Crippen molar-refractivity contribution in [2.45, 2.75) is 45.6 Å². The average Bonchev–Trinajstić information content (AvgIpc) is 3.07. The van der Waals surface area contributed by atoms with Crippen LogP contribution in [-0.4, -0.2) is 47.5 Å². The molecule has 0 bridgehead atoms. The van der Waals surface area contributed by atoms with Crippen LogP contribution in [0.5, 0.6) is 0 Å². The molecular weight excluding hydrogens is 431 g/mol. The molecule has 0 unspecified atom stereocenters. The number of aromatic nitrogens is 6. The number of hydrogen-bond acceptors (Lipinski definition) is 8. The summed E-state index contributed by atoms with van der Waals surface area (Å²) in [6.45, 7) is 6.99. The second-order valence-electron chi connectivity index (χ2n) is 8.36. The first kappa shape index (κ1) is 23.7. The molecule has 0 saturated heterocycles. The molecule has 3 aromatic rings. The minimum absolute atomic E-state index is 0.0255. The van der Waals surface area contributed by atoms with E-state index in [0.29, 0.717) is 22.8 Å². The van der Waals surface area contributed by atoms with Crippen LogP contribution in [0, 0.1) is 5.95 Å². The van der Waals surface area contributed by atoms with Gasteiger partial charge in [-0.25, -0.2) is 24.4 Å². The number of carbonyl (C=O) groups is 2. The van der Waals surface area contributed by atoms with Crippen molar-refractivity contribution in [2.24, 2.45) is 7.05 Å². The Kier molecular flexibility index (Phi) is 6.95. The van der Waals surface area contributed by atoms with Crippen LogP contribution >= 0.6 is 0 Å².